The van der Waals surface area contributed by atoms with Crippen LogP contribution in [0.2, 0.25) is 5.02 Å². The van der Waals surface area contributed by atoms with Gasteiger partial charge in [0.15, 0.2) is 0 Å². The molecule has 5 nitrogen and oxygen atoms in total. The fraction of sp³-hybridized carbons (Fsp3) is 0.150. The van der Waals surface area contributed by atoms with Gasteiger partial charge in [-0.2, -0.15) is 0 Å². The molecule has 0 radical (unpaired) electrons. The molecule has 2 N–H and O–H groups in total. The van der Waals surface area contributed by atoms with Crippen LogP contribution in [-0.4, -0.2) is 22.5 Å². The first-order valence-corrected chi connectivity index (χ1v) is 8.67. The van der Waals surface area contributed by atoms with Gasteiger partial charge in [-0.15, -0.1) is 0 Å². The molecule has 0 aliphatic carbocycles. The van der Waals surface area contributed by atoms with Gasteiger partial charge in [-0.25, -0.2) is 14.8 Å². The molecule has 6 heteroatoms. The van der Waals surface area contributed by atoms with E-state index in [1.54, 1.807) is 6.20 Å². The number of benzene rings is 2. The Kier molecular flexibility index (Phi) is 5.81. The third-order valence-electron chi connectivity index (χ3n) is 3.80. The zero-order valence-electron chi connectivity index (χ0n) is 14.4. The highest BCUT2D eigenvalue weighted by Gasteiger charge is 2.05. The second-order valence-corrected chi connectivity index (χ2v) is 6.26. The van der Waals surface area contributed by atoms with Gasteiger partial charge in [-0.3, -0.25) is 0 Å². The van der Waals surface area contributed by atoms with Gasteiger partial charge >= 0.3 is 6.03 Å². The van der Waals surface area contributed by atoms with E-state index < -0.39 is 0 Å². The standard InChI is InChI=1S/C20H19ClN4O/c1-14-22-12-10-19(24-14)16-3-2-4-18(13-16)25-20(26)23-11-9-15-5-7-17(21)8-6-15/h2-8,10,12-13H,9,11H2,1H3,(H2,23,25,26). The number of urea groups is 1. The minimum absolute atomic E-state index is 0.241. The SMILES string of the molecule is Cc1nccc(-c2cccc(NC(=O)NCCc3ccc(Cl)cc3)c2)n1. The van der Waals surface area contributed by atoms with Gasteiger partial charge in [0.05, 0.1) is 5.69 Å². The molecule has 1 aromatic heterocycles. The number of rotatable bonds is 5. The number of aromatic nitrogens is 2. The summed E-state index contributed by atoms with van der Waals surface area (Å²) >= 11 is 5.86. The van der Waals surface area contributed by atoms with E-state index in [0.29, 0.717) is 23.1 Å². The highest BCUT2D eigenvalue weighted by atomic mass is 35.5. The maximum atomic E-state index is 12.1. The maximum Gasteiger partial charge on any atom is 0.319 e. The molecule has 1 heterocycles. The van der Waals surface area contributed by atoms with E-state index in [2.05, 4.69) is 20.6 Å². The van der Waals surface area contributed by atoms with Crippen molar-refractivity contribution in [3.8, 4) is 11.3 Å². The number of nitrogens with one attached hydrogen (secondary N) is 2. The molecule has 0 atom stereocenters. The van der Waals surface area contributed by atoms with Gasteiger partial charge in [0.1, 0.15) is 5.82 Å². The van der Waals surface area contributed by atoms with Crippen LogP contribution in [0.25, 0.3) is 11.3 Å². The molecule has 3 aromatic rings. The Morgan fingerprint density at radius 1 is 1.12 bits per heavy atom. The number of hydrogen-bond acceptors (Lipinski definition) is 3. The number of amides is 2. The summed E-state index contributed by atoms with van der Waals surface area (Å²) in [5, 5.41) is 6.41. The molecule has 0 fully saturated rings. The van der Waals surface area contributed by atoms with E-state index in [1.807, 2.05) is 61.5 Å². The Bertz CT molecular complexity index is 896. The second-order valence-electron chi connectivity index (χ2n) is 5.83. The molecule has 0 bridgehead atoms. The molecule has 0 spiro atoms. The minimum Gasteiger partial charge on any atom is -0.338 e. The molecule has 26 heavy (non-hydrogen) atoms. The molecule has 0 aliphatic heterocycles. The average molecular weight is 367 g/mol. The predicted octanol–water partition coefficient (Wildman–Crippen LogP) is 4.47. The quantitative estimate of drug-likeness (QED) is 0.700. The van der Waals surface area contributed by atoms with Crippen molar-refractivity contribution in [3.63, 3.8) is 0 Å². The smallest absolute Gasteiger partial charge is 0.319 e. The van der Waals surface area contributed by atoms with Crippen molar-refractivity contribution in [1.82, 2.24) is 15.3 Å². The van der Waals surface area contributed by atoms with Crippen molar-refractivity contribution in [2.75, 3.05) is 11.9 Å². The normalized spacial score (nSPS) is 10.4. The van der Waals surface area contributed by atoms with E-state index in [-0.39, 0.29) is 6.03 Å². The highest BCUT2D eigenvalue weighted by Crippen LogP contribution is 2.20. The van der Waals surface area contributed by atoms with Crippen LogP contribution in [0.5, 0.6) is 0 Å². The molecule has 3 rings (SSSR count). The molecule has 0 aliphatic rings. The highest BCUT2D eigenvalue weighted by molar-refractivity contribution is 6.30. The minimum atomic E-state index is -0.241. The molecule has 2 amide bonds. The topological polar surface area (TPSA) is 66.9 Å². The van der Waals surface area contributed by atoms with E-state index in [0.717, 1.165) is 23.2 Å². The first-order valence-electron chi connectivity index (χ1n) is 8.29. The summed E-state index contributed by atoms with van der Waals surface area (Å²) < 4.78 is 0. The molecule has 2 aromatic carbocycles. The number of halogens is 1. The summed E-state index contributed by atoms with van der Waals surface area (Å²) in [7, 11) is 0. The van der Waals surface area contributed by atoms with Crippen molar-refractivity contribution >= 4 is 23.3 Å². The molecular formula is C20H19ClN4O. The average Bonchev–Trinajstić information content (AvgIpc) is 2.64. The van der Waals surface area contributed by atoms with Gasteiger partial charge in [0.25, 0.3) is 0 Å². The van der Waals surface area contributed by atoms with Crippen LogP contribution in [0.1, 0.15) is 11.4 Å². The fourth-order valence-corrected chi connectivity index (χ4v) is 2.65. The van der Waals surface area contributed by atoms with E-state index in [9.17, 15) is 4.79 Å². The predicted molar refractivity (Wildman–Crippen MR) is 104 cm³/mol. The van der Waals surface area contributed by atoms with Crippen LogP contribution in [-0.2, 0) is 6.42 Å². The lowest BCUT2D eigenvalue weighted by Crippen LogP contribution is -2.30. The number of nitrogens with zero attached hydrogens (tertiary/aromatic N) is 2. The lowest BCUT2D eigenvalue weighted by Gasteiger charge is -2.09. The summed E-state index contributed by atoms with van der Waals surface area (Å²) in [4.78, 5) is 20.6. The zero-order valence-corrected chi connectivity index (χ0v) is 15.1. The lowest BCUT2D eigenvalue weighted by molar-refractivity contribution is 0.252. The second kappa shape index (κ2) is 8.45. The first-order chi connectivity index (χ1) is 12.6. The molecular weight excluding hydrogens is 348 g/mol. The van der Waals surface area contributed by atoms with E-state index in [1.165, 1.54) is 0 Å². The Balaban J connectivity index is 1.56. The number of anilines is 1. The molecule has 0 unspecified atom stereocenters. The number of aryl methyl sites for hydroxylation is 1. The van der Waals surface area contributed by atoms with Crippen LogP contribution in [0.4, 0.5) is 10.5 Å². The molecule has 132 valence electrons. The van der Waals surface area contributed by atoms with Crippen LogP contribution in [0.3, 0.4) is 0 Å². The fourth-order valence-electron chi connectivity index (χ4n) is 2.52. The van der Waals surface area contributed by atoms with Crippen molar-refractivity contribution in [2.45, 2.75) is 13.3 Å². The largest absolute Gasteiger partial charge is 0.338 e. The van der Waals surface area contributed by atoms with Gasteiger partial charge in [0, 0.05) is 29.0 Å². The Morgan fingerprint density at radius 3 is 2.69 bits per heavy atom. The van der Waals surface area contributed by atoms with Crippen LogP contribution in [0, 0.1) is 6.92 Å². The summed E-state index contributed by atoms with van der Waals surface area (Å²) in [5.74, 6) is 0.709. The van der Waals surface area contributed by atoms with Crippen molar-refractivity contribution in [1.29, 1.82) is 0 Å². The zero-order chi connectivity index (χ0) is 18.4. The maximum absolute atomic E-state index is 12.1. The lowest BCUT2D eigenvalue weighted by atomic mass is 10.1. The Labute approximate surface area is 157 Å². The van der Waals surface area contributed by atoms with E-state index >= 15 is 0 Å². The van der Waals surface area contributed by atoms with Gasteiger partial charge in [0.2, 0.25) is 0 Å². The summed E-state index contributed by atoms with van der Waals surface area (Å²) in [5.41, 5.74) is 3.58. The first kappa shape index (κ1) is 17.9. The molecule has 0 saturated heterocycles. The summed E-state index contributed by atoms with van der Waals surface area (Å²) in [6, 6.07) is 16.8. The third kappa shape index (κ3) is 5.04. The molecule has 0 saturated carbocycles. The number of carbonyl (C=O) groups is 1. The van der Waals surface area contributed by atoms with Crippen LogP contribution in [0.15, 0.2) is 60.8 Å². The van der Waals surface area contributed by atoms with E-state index in [4.69, 9.17) is 11.6 Å². The van der Waals surface area contributed by atoms with Crippen molar-refractivity contribution < 1.29 is 4.79 Å². The van der Waals surface area contributed by atoms with Crippen molar-refractivity contribution in [3.05, 3.63) is 77.2 Å². The Hall–Kier alpha value is -2.92. The van der Waals surface area contributed by atoms with Gasteiger partial charge in [-0.1, -0.05) is 35.9 Å². The van der Waals surface area contributed by atoms with Gasteiger partial charge < -0.3 is 10.6 Å². The van der Waals surface area contributed by atoms with Crippen molar-refractivity contribution in [2.24, 2.45) is 0 Å². The van der Waals surface area contributed by atoms with Crippen LogP contribution >= 0.6 is 11.6 Å². The summed E-state index contributed by atoms with van der Waals surface area (Å²) in [6.45, 7) is 2.39. The van der Waals surface area contributed by atoms with Crippen LogP contribution < -0.4 is 10.6 Å². The van der Waals surface area contributed by atoms with Gasteiger partial charge in [-0.05, 0) is 49.2 Å². The third-order valence-corrected chi connectivity index (χ3v) is 4.06. The number of hydrogen-bond donors (Lipinski definition) is 2. The monoisotopic (exact) mass is 366 g/mol. The summed E-state index contributed by atoms with van der Waals surface area (Å²) in [6.07, 6.45) is 2.46. The number of carbonyl (C=O) groups excluding carboxylic acids is 1. The Morgan fingerprint density at radius 2 is 1.92 bits per heavy atom.